The first-order chi connectivity index (χ1) is 6.60. The molecule has 0 aliphatic rings. The van der Waals surface area contributed by atoms with Crippen molar-refractivity contribution in [1.82, 2.24) is 4.98 Å². The Morgan fingerprint density at radius 1 is 1.64 bits per heavy atom. The van der Waals surface area contributed by atoms with Gasteiger partial charge in [0.25, 0.3) is 6.43 Å². The Morgan fingerprint density at radius 3 is 2.71 bits per heavy atom. The molecule has 0 radical (unpaired) electrons. The van der Waals surface area contributed by atoms with E-state index in [-0.39, 0.29) is 21.4 Å². The lowest BCUT2D eigenvalue weighted by atomic mass is 10.2. The lowest BCUT2D eigenvalue weighted by molar-refractivity contribution is 0.146. The molecule has 0 aliphatic carbocycles. The van der Waals surface area contributed by atoms with Gasteiger partial charge in [0.15, 0.2) is 5.69 Å². The quantitative estimate of drug-likeness (QED) is 0.889. The molecule has 0 aliphatic heterocycles. The minimum Gasteiger partial charge on any atom is -0.390 e. The normalized spacial score (nSPS) is 10.3. The van der Waals surface area contributed by atoms with Crippen LogP contribution in [0.15, 0.2) is 10.5 Å². The average molecular weight is 263 g/mol. The van der Waals surface area contributed by atoms with E-state index in [1.165, 1.54) is 0 Å². The van der Waals surface area contributed by atoms with Crippen LogP contribution in [0.1, 0.15) is 23.4 Å². The summed E-state index contributed by atoms with van der Waals surface area (Å²) in [6.07, 6.45) is -2.71. The van der Waals surface area contributed by atoms with Crippen molar-refractivity contribution in [3.63, 3.8) is 0 Å². The van der Waals surface area contributed by atoms with E-state index in [2.05, 4.69) is 20.9 Å². The molecule has 0 atom stereocenters. The molecule has 3 nitrogen and oxygen atoms in total. The van der Waals surface area contributed by atoms with Gasteiger partial charge in [-0.1, -0.05) is 0 Å². The van der Waals surface area contributed by atoms with E-state index in [0.29, 0.717) is 0 Å². The summed E-state index contributed by atoms with van der Waals surface area (Å²) >= 11 is 2.94. The zero-order chi connectivity index (χ0) is 10.7. The van der Waals surface area contributed by atoms with Gasteiger partial charge in [-0.3, -0.25) is 0 Å². The van der Waals surface area contributed by atoms with Gasteiger partial charge in [-0.2, -0.15) is 5.26 Å². The maximum atomic E-state index is 12.4. The standard InChI is InChI=1S/C8H5BrF2N2O/c9-5-1-4(8(10)11)7(3-14)13-6(5)2-12/h1,8,14H,3H2. The lowest BCUT2D eigenvalue weighted by Gasteiger charge is -2.06. The van der Waals surface area contributed by atoms with Crippen LogP contribution in [0.4, 0.5) is 8.78 Å². The number of aliphatic hydroxyl groups is 1. The minimum atomic E-state index is -2.71. The van der Waals surface area contributed by atoms with E-state index in [9.17, 15) is 8.78 Å². The van der Waals surface area contributed by atoms with E-state index in [4.69, 9.17) is 10.4 Å². The number of pyridine rings is 1. The van der Waals surface area contributed by atoms with Gasteiger partial charge < -0.3 is 5.11 Å². The smallest absolute Gasteiger partial charge is 0.265 e. The van der Waals surface area contributed by atoms with Crippen molar-refractivity contribution in [3.8, 4) is 6.07 Å². The van der Waals surface area contributed by atoms with Crippen LogP contribution in [0.3, 0.4) is 0 Å². The highest BCUT2D eigenvalue weighted by molar-refractivity contribution is 9.10. The molecule has 6 heteroatoms. The number of hydrogen-bond acceptors (Lipinski definition) is 3. The Kier molecular flexibility index (Phi) is 3.49. The van der Waals surface area contributed by atoms with Gasteiger partial charge in [0.2, 0.25) is 0 Å². The van der Waals surface area contributed by atoms with Gasteiger partial charge in [0.1, 0.15) is 6.07 Å². The SMILES string of the molecule is N#Cc1nc(CO)c(C(F)F)cc1Br. The number of rotatable bonds is 2. The number of hydrogen-bond donors (Lipinski definition) is 1. The fraction of sp³-hybridized carbons (Fsp3) is 0.250. The highest BCUT2D eigenvalue weighted by Crippen LogP contribution is 2.26. The number of aliphatic hydroxyl groups excluding tert-OH is 1. The third-order valence-electron chi connectivity index (χ3n) is 1.58. The van der Waals surface area contributed by atoms with Gasteiger partial charge >= 0.3 is 0 Å². The molecule has 74 valence electrons. The topological polar surface area (TPSA) is 56.9 Å². The van der Waals surface area contributed by atoms with E-state index >= 15 is 0 Å². The zero-order valence-corrected chi connectivity index (χ0v) is 8.42. The molecule has 0 spiro atoms. The number of nitriles is 1. The Balaban J connectivity index is 3.33. The van der Waals surface area contributed by atoms with E-state index < -0.39 is 13.0 Å². The van der Waals surface area contributed by atoms with Crippen LogP contribution in [-0.4, -0.2) is 10.1 Å². The van der Waals surface area contributed by atoms with Gasteiger partial charge in [-0.15, -0.1) is 0 Å². The predicted molar refractivity (Wildman–Crippen MR) is 47.5 cm³/mol. The van der Waals surface area contributed by atoms with Crippen LogP contribution < -0.4 is 0 Å². The fourth-order valence-electron chi connectivity index (χ4n) is 0.935. The van der Waals surface area contributed by atoms with E-state index in [1.807, 2.05) is 0 Å². The molecule has 0 fully saturated rings. The molecule has 1 rings (SSSR count). The average Bonchev–Trinajstić information content (AvgIpc) is 2.17. The second-order valence-corrected chi connectivity index (χ2v) is 3.28. The maximum absolute atomic E-state index is 12.4. The summed E-state index contributed by atoms with van der Waals surface area (Å²) in [6.45, 7) is -0.609. The molecule has 0 aromatic carbocycles. The zero-order valence-electron chi connectivity index (χ0n) is 6.84. The van der Waals surface area contributed by atoms with Crippen molar-refractivity contribution in [2.75, 3.05) is 0 Å². The van der Waals surface area contributed by atoms with Crippen LogP contribution in [0, 0.1) is 11.3 Å². The highest BCUT2D eigenvalue weighted by atomic mass is 79.9. The first-order valence-electron chi connectivity index (χ1n) is 3.58. The van der Waals surface area contributed by atoms with Gasteiger partial charge in [0.05, 0.1) is 16.8 Å². The van der Waals surface area contributed by atoms with E-state index in [1.54, 1.807) is 6.07 Å². The first-order valence-corrected chi connectivity index (χ1v) is 4.38. The molecule has 1 aromatic rings. The minimum absolute atomic E-state index is 0.0153. The van der Waals surface area contributed by atoms with Gasteiger partial charge in [0, 0.05) is 5.56 Å². The van der Waals surface area contributed by atoms with Crippen molar-refractivity contribution in [2.45, 2.75) is 13.0 Å². The van der Waals surface area contributed by atoms with Crippen molar-refractivity contribution in [1.29, 1.82) is 5.26 Å². The van der Waals surface area contributed by atoms with Crippen LogP contribution in [-0.2, 0) is 6.61 Å². The molecule has 0 saturated carbocycles. The Bertz CT molecular complexity index is 390. The molecular formula is C8H5BrF2N2O. The van der Waals surface area contributed by atoms with Crippen LogP contribution in [0.5, 0.6) is 0 Å². The maximum Gasteiger partial charge on any atom is 0.265 e. The summed E-state index contributed by atoms with van der Waals surface area (Å²) in [6, 6.07) is 2.82. The molecule has 1 N–H and O–H groups in total. The summed E-state index contributed by atoms with van der Waals surface area (Å²) in [7, 11) is 0. The largest absolute Gasteiger partial charge is 0.390 e. The van der Waals surface area contributed by atoms with Crippen molar-refractivity contribution in [2.24, 2.45) is 0 Å². The number of alkyl halides is 2. The monoisotopic (exact) mass is 262 g/mol. The fourth-order valence-corrected chi connectivity index (χ4v) is 1.36. The third-order valence-corrected chi connectivity index (χ3v) is 2.18. The van der Waals surface area contributed by atoms with E-state index in [0.717, 1.165) is 6.07 Å². The lowest BCUT2D eigenvalue weighted by Crippen LogP contribution is -2.01. The molecule has 0 amide bonds. The number of nitrogens with zero attached hydrogens (tertiary/aromatic N) is 2. The summed E-state index contributed by atoms with van der Waals surface area (Å²) in [5.74, 6) is 0. The van der Waals surface area contributed by atoms with Crippen molar-refractivity contribution < 1.29 is 13.9 Å². The molecule has 14 heavy (non-hydrogen) atoms. The van der Waals surface area contributed by atoms with Crippen LogP contribution in [0.2, 0.25) is 0 Å². The second-order valence-electron chi connectivity index (χ2n) is 2.43. The summed E-state index contributed by atoms with van der Waals surface area (Å²) in [5.41, 5.74) is -0.545. The summed E-state index contributed by atoms with van der Waals surface area (Å²) in [5, 5.41) is 17.3. The molecule has 1 heterocycles. The number of halogens is 3. The Hall–Kier alpha value is -1.06. The van der Waals surface area contributed by atoms with Crippen molar-refractivity contribution >= 4 is 15.9 Å². The van der Waals surface area contributed by atoms with Gasteiger partial charge in [-0.05, 0) is 22.0 Å². The molecule has 0 saturated heterocycles. The molecule has 1 aromatic heterocycles. The molecular weight excluding hydrogens is 258 g/mol. The summed E-state index contributed by atoms with van der Waals surface area (Å²) < 4.78 is 25.0. The highest BCUT2D eigenvalue weighted by Gasteiger charge is 2.16. The first kappa shape index (κ1) is 11.0. The summed E-state index contributed by atoms with van der Waals surface area (Å²) in [4.78, 5) is 3.59. The Labute approximate surface area is 87.1 Å². The van der Waals surface area contributed by atoms with Crippen LogP contribution in [0.25, 0.3) is 0 Å². The molecule has 0 unspecified atom stereocenters. The van der Waals surface area contributed by atoms with Gasteiger partial charge in [-0.25, -0.2) is 13.8 Å². The Morgan fingerprint density at radius 2 is 2.29 bits per heavy atom. The molecule has 0 bridgehead atoms. The number of aromatic nitrogens is 1. The predicted octanol–water partition coefficient (Wildman–Crippen LogP) is 2.15. The van der Waals surface area contributed by atoms with Crippen molar-refractivity contribution in [3.05, 3.63) is 27.5 Å². The third kappa shape index (κ3) is 2.05. The van der Waals surface area contributed by atoms with Crippen LogP contribution >= 0.6 is 15.9 Å². The second kappa shape index (κ2) is 4.44.